The van der Waals surface area contributed by atoms with Crippen molar-refractivity contribution >= 4 is 6.03 Å². The highest BCUT2D eigenvalue weighted by Crippen LogP contribution is 2.22. The number of rotatable bonds is 5. The zero-order valence-corrected chi connectivity index (χ0v) is 13.2. The summed E-state index contributed by atoms with van der Waals surface area (Å²) in [5, 5.41) is 5.72. The van der Waals surface area contributed by atoms with E-state index in [-0.39, 0.29) is 30.0 Å². The molecule has 1 heterocycles. The molecule has 1 aromatic rings. The smallest absolute Gasteiger partial charge is 0.315 e. The van der Waals surface area contributed by atoms with Crippen molar-refractivity contribution in [2.24, 2.45) is 0 Å². The van der Waals surface area contributed by atoms with Gasteiger partial charge in [-0.05, 0) is 44.4 Å². The van der Waals surface area contributed by atoms with Gasteiger partial charge >= 0.3 is 6.03 Å². The van der Waals surface area contributed by atoms with Gasteiger partial charge in [-0.25, -0.2) is 9.18 Å². The lowest BCUT2D eigenvalue weighted by Gasteiger charge is -2.22. The fourth-order valence-electron chi connectivity index (χ4n) is 2.56. The van der Waals surface area contributed by atoms with Crippen LogP contribution in [-0.4, -0.2) is 31.9 Å². The van der Waals surface area contributed by atoms with E-state index in [4.69, 9.17) is 9.47 Å². The molecule has 0 saturated carbocycles. The van der Waals surface area contributed by atoms with Crippen LogP contribution < -0.4 is 15.4 Å². The van der Waals surface area contributed by atoms with Gasteiger partial charge in [0.1, 0.15) is 0 Å². The highest BCUT2D eigenvalue weighted by Gasteiger charge is 2.24. The van der Waals surface area contributed by atoms with Crippen molar-refractivity contribution in [3.8, 4) is 5.75 Å². The van der Waals surface area contributed by atoms with Crippen molar-refractivity contribution in [3.63, 3.8) is 0 Å². The fourth-order valence-corrected chi connectivity index (χ4v) is 2.56. The summed E-state index contributed by atoms with van der Waals surface area (Å²) in [7, 11) is 1.41. The zero-order chi connectivity index (χ0) is 16.1. The average Bonchev–Trinajstić information content (AvgIpc) is 3.01. The summed E-state index contributed by atoms with van der Waals surface area (Å²) in [5.41, 5.74) is 0.776. The first-order valence-electron chi connectivity index (χ1n) is 7.53. The average molecular weight is 310 g/mol. The normalized spacial score (nSPS) is 20.3. The van der Waals surface area contributed by atoms with Crippen molar-refractivity contribution in [2.45, 2.75) is 44.9 Å². The predicted molar refractivity (Wildman–Crippen MR) is 81.5 cm³/mol. The highest BCUT2D eigenvalue weighted by atomic mass is 19.1. The molecule has 0 spiro atoms. The van der Waals surface area contributed by atoms with Gasteiger partial charge in [0.05, 0.1) is 25.3 Å². The van der Waals surface area contributed by atoms with Gasteiger partial charge in [-0.2, -0.15) is 0 Å². The fraction of sp³-hybridized carbons (Fsp3) is 0.562. The van der Waals surface area contributed by atoms with Gasteiger partial charge in [-0.1, -0.05) is 6.07 Å². The maximum Gasteiger partial charge on any atom is 0.315 e. The van der Waals surface area contributed by atoms with Crippen LogP contribution in [0.5, 0.6) is 5.75 Å². The lowest BCUT2D eigenvalue weighted by atomic mass is 10.1. The van der Waals surface area contributed by atoms with Gasteiger partial charge in [0.2, 0.25) is 0 Å². The Morgan fingerprint density at radius 3 is 2.82 bits per heavy atom. The van der Waals surface area contributed by atoms with E-state index in [0.717, 1.165) is 25.0 Å². The molecule has 3 atom stereocenters. The van der Waals surface area contributed by atoms with Gasteiger partial charge in [0, 0.05) is 6.61 Å². The van der Waals surface area contributed by atoms with Crippen molar-refractivity contribution in [3.05, 3.63) is 29.6 Å². The number of benzene rings is 1. The van der Waals surface area contributed by atoms with E-state index in [1.807, 2.05) is 13.8 Å². The van der Waals surface area contributed by atoms with Crippen molar-refractivity contribution in [1.29, 1.82) is 0 Å². The van der Waals surface area contributed by atoms with Crippen LogP contribution >= 0.6 is 0 Å². The maximum absolute atomic E-state index is 13.4. The molecule has 122 valence electrons. The van der Waals surface area contributed by atoms with E-state index in [1.165, 1.54) is 13.2 Å². The monoisotopic (exact) mass is 310 g/mol. The summed E-state index contributed by atoms with van der Waals surface area (Å²) in [6.45, 7) is 4.52. The first-order valence-corrected chi connectivity index (χ1v) is 7.53. The van der Waals surface area contributed by atoms with Crippen molar-refractivity contribution < 1.29 is 18.7 Å². The summed E-state index contributed by atoms with van der Waals surface area (Å²) < 4.78 is 23.9. The Hall–Kier alpha value is -1.82. The van der Waals surface area contributed by atoms with E-state index in [1.54, 1.807) is 12.1 Å². The number of ether oxygens (including phenoxy) is 2. The molecule has 22 heavy (non-hydrogen) atoms. The van der Waals surface area contributed by atoms with Crippen LogP contribution in [0.4, 0.5) is 9.18 Å². The summed E-state index contributed by atoms with van der Waals surface area (Å²) >= 11 is 0. The van der Waals surface area contributed by atoms with Gasteiger partial charge in [-0.15, -0.1) is 0 Å². The second-order valence-corrected chi connectivity index (χ2v) is 5.57. The van der Waals surface area contributed by atoms with E-state index in [2.05, 4.69) is 10.6 Å². The number of carbonyl (C=O) groups excluding carboxylic acids is 1. The first-order chi connectivity index (χ1) is 10.5. The third-order valence-electron chi connectivity index (χ3n) is 3.90. The molecule has 2 N–H and O–H groups in total. The SMILES string of the molecule is COc1cc([C@H](C)NC(=O)N[C@@H](C)[C@@H]2CCCO2)ccc1F. The Bertz CT molecular complexity index is 518. The van der Waals surface area contributed by atoms with Crippen LogP contribution in [0.15, 0.2) is 18.2 Å². The van der Waals surface area contributed by atoms with E-state index in [9.17, 15) is 9.18 Å². The molecule has 0 bridgehead atoms. The van der Waals surface area contributed by atoms with Crippen LogP contribution in [-0.2, 0) is 4.74 Å². The Morgan fingerprint density at radius 2 is 2.18 bits per heavy atom. The number of urea groups is 1. The molecule has 0 unspecified atom stereocenters. The van der Waals surface area contributed by atoms with E-state index >= 15 is 0 Å². The molecule has 0 radical (unpaired) electrons. The van der Waals surface area contributed by atoms with Gasteiger partial charge in [-0.3, -0.25) is 0 Å². The summed E-state index contributed by atoms with van der Waals surface area (Å²) in [5.74, 6) is -0.255. The Kier molecular flexibility index (Phi) is 5.60. The minimum atomic E-state index is -0.421. The topological polar surface area (TPSA) is 59.6 Å². The summed E-state index contributed by atoms with van der Waals surface area (Å²) in [4.78, 5) is 12.0. The third kappa shape index (κ3) is 4.10. The molecule has 1 saturated heterocycles. The number of carbonyl (C=O) groups is 1. The number of hydrogen-bond donors (Lipinski definition) is 2. The van der Waals surface area contributed by atoms with E-state index < -0.39 is 5.82 Å². The number of halogens is 1. The lowest BCUT2D eigenvalue weighted by Crippen LogP contribution is -2.46. The Labute approximate surface area is 130 Å². The Balaban J connectivity index is 1.90. The summed E-state index contributed by atoms with van der Waals surface area (Å²) in [6, 6.07) is 3.98. The molecule has 6 heteroatoms. The third-order valence-corrected chi connectivity index (χ3v) is 3.90. The second kappa shape index (κ2) is 7.45. The molecule has 1 aromatic carbocycles. The molecular formula is C16H23FN2O3. The lowest BCUT2D eigenvalue weighted by molar-refractivity contribution is 0.0859. The molecule has 1 fully saturated rings. The molecule has 0 aliphatic carbocycles. The van der Waals surface area contributed by atoms with Crippen LogP contribution in [0.2, 0.25) is 0 Å². The van der Waals surface area contributed by atoms with E-state index in [0.29, 0.717) is 0 Å². The number of hydrogen-bond acceptors (Lipinski definition) is 3. The number of methoxy groups -OCH3 is 1. The highest BCUT2D eigenvalue weighted by molar-refractivity contribution is 5.74. The Morgan fingerprint density at radius 1 is 1.41 bits per heavy atom. The largest absolute Gasteiger partial charge is 0.494 e. The van der Waals surface area contributed by atoms with Crippen LogP contribution in [0.3, 0.4) is 0 Å². The van der Waals surface area contributed by atoms with Crippen LogP contribution in [0.1, 0.15) is 38.3 Å². The van der Waals surface area contributed by atoms with Crippen molar-refractivity contribution in [2.75, 3.05) is 13.7 Å². The van der Waals surface area contributed by atoms with Gasteiger partial charge in [0.15, 0.2) is 11.6 Å². The van der Waals surface area contributed by atoms with Crippen molar-refractivity contribution in [1.82, 2.24) is 10.6 Å². The molecule has 2 rings (SSSR count). The minimum Gasteiger partial charge on any atom is -0.494 e. The molecule has 1 aliphatic heterocycles. The number of nitrogens with one attached hydrogen (secondary N) is 2. The summed E-state index contributed by atoms with van der Waals surface area (Å²) in [6.07, 6.45) is 2.07. The predicted octanol–water partition coefficient (Wildman–Crippen LogP) is 2.76. The maximum atomic E-state index is 13.4. The first kappa shape index (κ1) is 16.5. The number of amides is 2. The quantitative estimate of drug-likeness (QED) is 0.879. The zero-order valence-electron chi connectivity index (χ0n) is 13.2. The molecule has 0 aromatic heterocycles. The molecular weight excluding hydrogens is 287 g/mol. The molecule has 5 nitrogen and oxygen atoms in total. The molecule has 2 amide bonds. The standard InChI is InChI=1S/C16H23FN2O3/c1-10(12-6-7-13(17)15(9-12)21-3)18-16(20)19-11(2)14-5-4-8-22-14/h6-7,9-11,14H,4-5,8H2,1-3H3,(H2,18,19,20)/t10-,11-,14-/m0/s1. The molecule has 1 aliphatic rings. The second-order valence-electron chi connectivity index (χ2n) is 5.57. The van der Waals surface area contributed by atoms with Gasteiger partial charge in [0.25, 0.3) is 0 Å². The van der Waals surface area contributed by atoms with Crippen LogP contribution in [0.25, 0.3) is 0 Å². The van der Waals surface area contributed by atoms with Crippen LogP contribution in [0, 0.1) is 5.82 Å². The van der Waals surface area contributed by atoms with Gasteiger partial charge < -0.3 is 20.1 Å². The minimum absolute atomic E-state index is 0.0440.